The smallest absolute Gasteiger partial charge is 0.268 e. The van der Waals surface area contributed by atoms with E-state index in [0.717, 1.165) is 11.8 Å². The van der Waals surface area contributed by atoms with E-state index in [4.69, 9.17) is 0 Å². The largest absolute Gasteiger partial charge is 0.348 e. The number of anilines is 1. The van der Waals surface area contributed by atoms with Crippen LogP contribution in [-0.2, 0) is 16.4 Å². The van der Waals surface area contributed by atoms with Crippen molar-refractivity contribution < 1.29 is 18.0 Å². The van der Waals surface area contributed by atoms with Crippen LogP contribution in [0.1, 0.15) is 25.6 Å². The quantitative estimate of drug-likeness (QED) is 0.653. The number of thiophene rings is 1. The summed E-state index contributed by atoms with van der Waals surface area (Å²) in [4.78, 5) is 27.6. The average Bonchev–Trinajstić information content (AvgIpc) is 3.25. The zero-order valence-electron chi connectivity index (χ0n) is 16.0. The van der Waals surface area contributed by atoms with E-state index in [-0.39, 0.29) is 23.3 Å². The van der Waals surface area contributed by atoms with E-state index < -0.39 is 9.84 Å². The van der Waals surface area contributed by atoms with Crippen molar-refractivity contribution in [1.82, 2.24) is 5.32 Å². The van der Waals surface area contributed by atoms with Gasteiger partial charge in [-0.05, 0) is 41.3 Å². The lowest BCUT2D eigenvalue weighted by Crippen LogP contribution is -2.30. The monoisotopic (exact) mass is 428 g/mol. The van der Waals surface area contributed by atoms with Gasteiger partial charge in [-0.3, -0.25) is 9.59 Å². The lowest BCUT2D eigenvalue weighted by atomic mass is 10.1. The Morgan fingerprint density at radius 1 is 1.00 bits per heavy atom. The number of nitrogens with zero attached hydrogens (tertiary/aromatic N) is 1. The molecule has 0 fully saturated rings. The Labute approximate surface area is 173 Å². The van der Waals surface area contributed by atoms with Gasteiger partial charge >= 0.3 is 0 Å². The minimum atomic E-state index is -3.26. The molecule has 0 aliphatic heterocycles. The number of nitrogens with one attached hydrogen (secondary N) is 1. The lowest BCUT2D eigenvalue weighted by molar-refractivity contribution is 0.0951. The van der Waals surface area contributed by atoms with Crippen LogP contribution in [0.25, 0.3) is 0 Å². The molecule has 0 unspecified atom stereocenters. The highest BCUT2D eigenvalue weighted by Crippen LogP contribution is 2.22. The number of carbonyl (C=O) groups excluding carboxylic acids is 2. The third-order valence-electron chi connectivity index (χ3n) is 4.35. The molecule has 150 valence electrons. The van der Waals surface area contributed by atoms with Gasteiger partial charge in [0.15, 0.2) is 9.84 Å². The van der Waals surface area contributed by atoms with Crippen molar-refractivity contribution in [1.29, 1.82) is 0 Å². The first-order valence-electron chi connectivity index (χ1n) is 8.75. The van der Waals surface area contributed by atoms with E-state index in [1.165, 1.54) is 28.4 Å². The van der Waals surface area contributed by atoms with Crippen LogP contribution in [0.3, 0.4) is 0 Å². The van der Waals surface area contributed by atoms with E-state index in [2.05, 4.69) is 5.32 Å². The Morgan fingerprint density at radius 2 is 1.69 bits per heavy atom. The average molecular weight is 429 g/mol. The molecule has 2 amide bonds. The second-order valence-electron chi connectivity index (χ2n) is 6.46. The highest BCUT2D eigenvalue weighted by Gasteiger charge is 2.20. The Morgan fingerprint density at radius 3 is 2.31 bits per heavy atom. The van der Waals surface area contributed by atoms with Crippen molar-refractivity contribution in [2.24, 2.45) is 0 Å². The predicted octanol–water partition coefficient (Wildman–Crippen LogP) is 3.36. The van der Waals surface area contributed by atoms with Gasteiger partial charge in [0.2, 0.25) is 0 Å². The van der Waals surface area contributed by atoms with E-state index in [0.29, 0.717) is 16.1 Å². The fraction of sp³-hybridized carbons (Fsp3) is 0.143. The van der Waals surface area contributed by atoms with Crippen LogP contribution in [0.2, 0.25) is 0 Å². The molecule has 2 aromatic carbocycles. The molecule has 6 nitrogen and oxygen atoms in total. The highest BCUT2D eigenvalue weighted by atomic mass is 32.2. The van der Waals surface area contributed by atoms with Crippen LogP contribution in [-0.4, -0.2) is 33.5 Å². The standard InChI is InChI=1S/C21H20N2O4S2/c1-23(21(25)19-8-5-13-28-19)18-7-4-3-6-17(18)20(24)22-14-15-9-11-16(12-10-15)29(2,26)27/h3-13H,14H2,1-2H3,(H,22,24). The summed E-state index contributed by atoms with van der Waals surface area (Å²) >= 11 is 1.34. The van der Waals surface area contributed by atoms with Gasteiger partial charge in [-0.25, -0.2) is 8.42 Å². The molecule has 0 spiro atoms. The summed E-state index contributed by atoms with van der Waals surface area (Å²) in [7, 11) is -1.62. The second-order valence-corrected chi connectivity index (χ2v) is 9.42. The predicted molar refractivity (Wildman–Crippen MR) is 114 cm³/mol. The molecule has 1 heterocycles. The summed E-state index contributed by atoms with van der Waals surface area (Å²) in [6, 6.07) is 16.8. The zero-order chi connectivity index (χ0) is 21.0. The number of sulfone groups is 1. The number of amides is 2. The Bertz CT molecular complexity index is 1120. The minimum Gasteiger partial charge on any atom is -0.348 e. The number of para-hydroxylation sites is 1. The third kappa shape index (κ3) is 4.90. The maximum absolute atomic E-state index is 12.7. The molecule has 0 radical (unpaired) electrons. The first kappa shape index (κ1) is 20.8. The SMILES string of the molecule is CN(C(=O)c1cccs1)c1ccccc1C(=O)NCc1ccc(S(C)(=O)=O)cc1. The molecule has 0 saturated carbocycles. The van der Waals surface area contributed by atoms with E-state index in [9.17, 15) is 18.0 Å². The molecule has 1 N–H and O–H groups in total. The normalized spacial score (nSPS) is 11.1. The summed E-state index contributed by atoms with van der Waals surface area (Å²) in [6.45, 7) is 0.236. The van der Waals surface area contributed by atoms with Crippen molar-refractivity contribution in [2.45, 2.75) is 11.4 Å². The maximum Gasteiger partial charge on any atom is 0.268 e. The van der Waals surface area contributed by atoms with Crippen LogP contribution in [0.4, 0.5) is 5.69 Å². The molecular weight excluding hydrogens is 408 g/mol. The maximum atomic E-state index is 12.7. The van der Waals surface area contributed by atoms with E-state index >= 15 is 0 Å². The molecular formula is C21H20N2O4S2. The van der Waals surface area contributed by atoms with Gasteiger partial charge in [0, 0.05) is 19.8 Å². The molecule has 3 aromatic rings. The lowest BCUT2D eigenvalue weighted by Gasteiger charge is -2.20. The number of rotatable bonds is 6. The van der Waals surface area contributed by atoms with Gasteiger partial charge in [0.25, 0.3) is 11.8 Å². The van der Waals surface area contributed by atoms with Crippen molar-refractivity contribution in [2.75, 3.05) is 18.2 Å². The number of hydrogen-bond acceptors (Lipinski definition) is 5. The fourth-order valence-electron chi connectivity index (χ4n) is 2.77. The molecule has 3 rings (SSSR count). The Kier molecular flexibility index (Phi) is 6.14. The summed E-state index contributed by atoms with van der Waals surface area (Å²) in [6.07, 6.45) is 1.15. The molecule has 0 aliphatic carbocycles. The van der Waals surface area contributed by atoms with Crippen molar-refractivity contribution in [3.8, 4) is 0 Å². The van der Waals surface area contributed by atoms with Gasteiger partial charge in [0.1, 0.15) is 0 Å². The van der Waals surface area contributed by atoms with Crippen molar-refractivity contribution >= 4 is 38.7 Å². The van der Waals surface area contributed by atoms with Crippen LogP contribution in [0.15, 0.2) is 70.9 Å². The first-order valence-corrected chi connectivity index (χ1v) is 11.5. The third-order valence-corrected chi connectivity index (χ3v) is 6.34. The van der Waals surface area contributed by atoms with Crippen LogP contribution in [0.5, 0.6) is 0 Å². The first-order chi connectivity index (χ1) is 13.8. The molecule has 0 saturated heterocycles. The van der Waals surface area contributed by atoms with Crippen LogP contribution >= 0.6 is 11.3 Å². The second kappa shape index (κ2) is 8.59. The topological polar surface area (TPSA) is 83.6 Å². The minimum absolute atomic E-state index is 0.184. The highest BCUT2D eigenvalue weighted by molar-refractivity contribution is 7.90. The van der Waals surface area contributed by atoms with Gasteiger partial charge < -0.3 is 10.2 Å². The van der Waals surface area contributed by atoms with Crippen LogP contribution < -0.4 is 10.2 Å². The fourth-order valence-corrected chi connectivity index (χ4v) is 4.09. The summed E-state index contributed by atoms with van der Waals surface area (Å²) in [5.41, 5.74) is 1.66. The van der Waals surface area contributed by atoms with Crippen molar-refractivity contribution in [3.05, 3.63) is 82.0 Å². The summed E-state index contributed by atoms with van der Waals surface area (Å²) in [5.74, 6) is -0.504. The Balaban J connectivity index is 1.74. The number of hydrogen-bond donors (Lipinski definition) is 1. The van der Waals surface area contributed by atoms with Gasteiger partial charge in [-0.1, -0.05) is 30.3 Å². The van der Waals surface area contributed by atoms with E-state index in [1.807, 2.05) is 5.38 Å². The number of carbonyl (C=O) groups is 2. The Hall–Kier alpha value is -2.97. The van der Waals surface area contributed by atoms with E-state index in [1.54, 1.807) is 55.6 Å². The van der Waals surface area contributed by atoms with Crippen LogP contribution in [0, 0.1) is 0 Å². The van der Waals surface area contributed by atoms with Gasteiger partial charge in [-0.2, -0.15) is 0 Å². The summed E-state index contributed by atoms with van der Waals surface area (Å²) in [5, 5.41) is 4.65. The zero-order valence-corrected chi connectivity index (χ0v) is 17.6. The number of benzene rings is 2. The van der Waals surface area contributed by atoms with Gasteiger partial charge in [0.05, 0.1) is 21.0 Å². The molecule has 0 atom stereocenters. The molecule has 0 aliphatic rings. The van der Waals surface area contributed by atoms with Gasteiger partial charge in [-0.15, -0.1) is 11.3 Å². The molecule has 8 heteroatoms. The molecule has 1 aromatic heterocycles. The summed E-state index contributed by atoms with van der Waals surface area (Å²) < 4.78 is 23.1. The van der Waals surface area contributed by atoms with Crippen molar-refractivity contribution in [3.63, 3.8) is 0 Å². The molecule has 29 heavy (non-hydrogen) atoms. The molecule has 0 bridgehead atoms.